The van der Waals surface area contributed by atoms with Gasteiger partial charge in [-0.2, -0.15) is 0 Å². The summed E-state index contributed by atoms with van der Waals surface area (Å²) in [4.78, 5) is 12.7. The molecule has 1 amide bonds. The normalized spacial score (nSPS) is 12.1. The van der Waals surface area contributed by atoms with Crippen LogP contribution in [0.3, 0.4) is 0 Å². The van der Waals surface area contributed by atoms with Crippen LogP contribution in [0.15, 0.2) is 77.3 Å². The highest BCUT2D eigenvalue weighted by Crippen LogP contribution is 2.30. The number of carbonyl (C=O) groups is 1. The summed E-state index contributed by atoms with van der Waals surface area (Å²) in [6, 6.07) is 22.4. The first kappa shape index (κ1) is 17.3. The van der Waals surface area contributed by atoms with Crippen LogP contribution in [0.4, 0.5) is 0 Å². The SMILES string of the molecule is C[C@H](NC(=O)c1ccc2noc(-c3ccc(Cl)cc3)c2c1)c1ccccc1. The molecule has 1 N–H and O–H groups in total. The third-order valence-electron chi connectivity index (χ3n) is 4.49. The molecular weight excluding hydrogens is 360 g/mol. The first-order chi connectivity index (χ1) is 13.1. The number of rotatable bonds is 4. The molecule has 0 fully saturated rings. The van der Waals surface area contributed by atoms with E-state index in [0.29, 0.717) is 21.9 Å². The van der Waals surface area contributed by atoms with E-state index in [2.05, 4.69) is 10.5 Å². The van der Waals surface area contributed by atoms with E-state index in [1.54, 1.807) is 24.3 Å². The molecular formula is C22H17ClN2O2. The standard InChI is InChI=1S/C22H17ClN2O2/c1-14(15-5-3-2-4-6-15)24-22(26)17-9-12-20-19(13-17)21(27-25-20)16-7-10-18(23)11-8-16/h2-14H,1H3,(H,24,26)/t14-/m0/s1. The van der Waals surface area contributed by atoms with Gasteiger partial charge in [-0.3, -0.25) is 4.79 Å². The van der Waals surface area contributed by atoms with Crippen LogP contribution in [0.25, 0.3) is 22.2 Å². The number of halogens is 1. The van der Waals surface area contributed by atoms with Crippen molar-refractivity contribution >= 4 is 28.4 Å². The molecule has 4 aromatic rings. The zero-order valence-corrected chi connectivity index (χ0v) is 15.4. The van der Waals surface area contributed by atoms with E-state index in [9.17, 15) is 4.79 Å². The van der Waals surface area contributed by atoms with Gasteiger partial charge in [-0.25, -0.2) is 0 Å². The molecule has 0 saturated carbocycles. The van der Waals surface area contributed by atoms with Crippen LogP contribution in [0, 0.1) is 0 Å². The van der Waals surface area contributed by atoms with Gasteiger partial charge in [0.05, 0.1) is 11.4 Å². The second kappa shape index (κ2) is 7.25. The molecule has 27 heavy (non-hydrogen) atoms. The first-order valence-corrected chi connectivity index (χ1v) is 9.01. The van der Waals surface area contributed by atoms with Gasteiger partial charge in [0, 0.05) is 16.1 Å². The highest BCUT2D eigenvalue weighted by atomic mass is 35.5. The van der Waals surface area contributed by atoms with E-state index in [1.807, 2.05) is 55.5 Å². The van der Waals surface area contributed by atoms with Gasteiger partial charge in [-0.1, -0.05) is 47.1 Å². The molecule has 0 bridgehead atoms. The molecule has 134 valence electrons. The summed E-state index contributed by atoms with van der Waals surface area (Å²) < 4.78 is 5.50. The Bertz CT molecular complexity index is 1090. The molecule has 0 radical (unpaired) electrons. The minimum Gasteiger partial charge on any atom is -0.355 e. The van der Waals surface area contributed by atoms with Crippen molar-refractivity contribution in [3.05, 3.63) is 88.9 Å². The van der Waals surface area contributed by atoms with Gasteiger partial charge in [-0.05, 0) is 55.0 Å². The lowest BCUT2D eigenvalue weighted by atomic mass is 10.0. The number of nitrogens with one attached hydrogen (secondary N) is 1. The van der Waals surface area contributed by atoms with Gasteiger partial charge in [0.25, 0.3) is 5.91 Å². The quantitative estimate of drug-likeness (QED) is 0.501. The van der Waals surface area contributed by atoms with Crippen LogP contribution >= 0.6 is 11.6 Å². The second-order valence-corrected chi connectivity index (χ2v) is 6.79. The maximum Gasteiger partial charge on any atom is 0.251 e. The first-order valence-electron chi connectivity index (χ1n) is 8.63. The second-order valence-electron chi connectivity index (χ2n) is 6.36. The van der Waals surface area contributed by atoms with Crippen molar-refractivity contribution in [3.8, 4) is 11.3 Å². The fourth-order valence-corrected chi connectivity index (χ4v) is 3.12. The fourth-order valence-electron chi connectivity index (χ4n) is 3.00. The average molecular weight is 377 g/mol. The topological polar surface area (TPSA) is 55.1 Å². The van der Waals surface area contributed by atoms with Crippen LogP contribution < -0.4 is 5.32 Å². The van der Waals surface area contributed by atoms with Crippen LogP contribution in [0.5, 0.6) is 0 Å². The van der Waals surface area contributed by atoms with E-state index in [-0.39, 0.29) is 11.9 Å². The highest BCUT2D eigenvalue weighted by Gasteiger charge is 2.16. The van der Waals surface area contributed by atoms with Gasteiger partial charge < -0.3 is 9.84 Å². The number of amides is 1. The Morgan fingerprint density at radius 2 is 1.78 bits per heavy atom. The molecule has 4 nitrogen and oxygen atoms in total. The summed E-state index contributed by atoms with van der Waals surface area (Å²) in [5, 5.41) is 8.56. The van der Waals surface area contributed by atoms with Crippen molar-refractivity contribution in [2.75, 3.05) is 0 Å². The summed E-state index contributed by atoms with van der Waals surface area (Å²) in [5.74, 6) is 0.476. The molecule has 0 saturated heterocycles. The van der Waals surface area contributed by atoms with Crippen LogP contribution in [0.2, 0.25) is 5.02 Å². The third-order valence-corrected chi connectivity index (χ3v) is 4.74. The Balaban J connectivity index is 1.63. The molecule has 1 atom stereocenters. The van der Waals surface area contributed by atoms with Gasteiger partial charge in [-0.15, -0.1) is 0 Å². The Morgan fingerprint density at radius 1 is 1.04 bits per heavy atom. The fraction of sp³-hybridized carbons (Fsp3) is 0.0909. The Labute approximate surface area is 161 Å². The molecule has 1 aromatic heterocycles. The maximum atomic E-state index is 12.7. The molecule has 0 aliphatic heterocycles. The van der Waals surface area contributed by atoms with Gasteiger partial charge in [0.1, 0.15) is 5.52 Å². The number of aromatic nitrogens is 1. The lowest BCUT2D eigenvalue weighted by Gasteiger charge is -2.14. The number of hydrogen-bond acceptors (Lipinski definition) is 3. The molecule has 0 unspecified atom stereocenters. The van der Waals surface area contributed by atoms with Crippen LogP contribution in [-0.4, -0.2) is 11.1 Å². The average Bonchev–Trinajstić information content (AvgIpc) is 3.12. The third kappa shape index (κ3) is 3.57. The van der Waals surface area contributed by atoms with Crippen molar-refractivity contribution in [3.63, 3.8) is 0 Å². The zero-order valence-electron chi connectivity index (χ0n) is 14.6. The summed E-state index contributed by atoms with van der Waals surface area (Å²) in [6.45, 7) is 1.96. The summed E-state index contributed by atoms with van der Waals surface area (Å²) in [7, 11) is 0. The minimum absolute atomic E-state index is 0.0902. The molecule has 5 heteroatoms. The van der Waals surface area contributed by atoms with Crippen molar-refractivity contribution in [2.24, 2.45) is 0 Å². The van der Waals surface area contributed by atoms with Gasteiger partial charge >= 0.3 is 0 Å². The zero-order chi connectivity index (χ0) is 18.8. The van der Waals surface area contributed by atoms with Crippen molar-refractivity contribution < 1.29 is 9.32 Å². The summed E-state index contributed by atoms with van der Waals surface area (Å²) in [5.41, 5.74) is 3.17. The Kier molecular flexibility index (Phi) is 4.65. The monoisotopic (exact) mass is 376 g/mol. The lowest BCUT2D eigenvalue weighted by molar-refractivity contribution is 0.0940. The Morgan fingerprint density at radius 3 is 2.52 bits per heavy atom. The van der Waals surface area contributed by atoms with E-state index in [1.165, 1.54) is 0 Å². The van der Waals surface area contributed by atoms with Crippen molar-refractivity contribution in [2.45, 2.75) is 13.0 Å². The molecule has 0 spiro atoms. The van der Waals surface area contributed by atoms with Crippen molar-refractivity contribution in [1.29, 1.82) is 0 Å². The molecule has 3 aromatic carbocycles. The lowest BCUT2D eigenvalue weighted by Crippen LogP contribution is -2.26. The van der Waals surface area contributed by atoms with Crippen LogP contribution in [-0.2, 0) is 0 Å². The van der Waals surface area contributed by atoms with Crippen LogP contribution in [0.1, 0.15) is 28.9 Å². The van der Waals surface area contributed by atoms with E-state index in [4.69, 9.17) is 16.1 Å². The summed E-state index contributed by atoms with van der Waals surface area (Å²) in [6.07, 6.45) is 0. The number of benzene rings is 3. The van der Waals surface area contributed by atoms with E-state index in [0.717, 1.165) is 16.5 Å². The number of hydrogen-bond donors (Lipinski definition) is 1. The highest BCUT2D eigenvalue weighted by molar-refractivity contribution is 6.30. The maximum absolute atomic E-state index is 12.7. The largest absolute Gasteiger partial charge is 0.355 e. The van der Waals surface area contributed by atoms with Gasteiger partial charge in [0.2, 0.25) is 0 Å². The van der Waals surface area contributed by atoms with Gasteiger partial charge in [0.15, 0.2) is 5.76 Å². The number of nitrogens with zero attached hydrogens (tertiary/aromatic N) is 1. The molecule has 0 aliphatic rings. The Hall–Kier alpha value is -3.11. The molecule has 0 aliphatic carbocycles. The number of fused-ring (bicyclic) bond motifs is 1. The van der Waals surface area contributed by atoms with E-state index >= 15 is 0 Å². The smallest absolute Gasteiger partial charge is 0.251 e. The number of carbonyl (C=O) groups excluding carboxylic acids is 1. The summed E-state index contributed by atoms with van der Waals surface area (Å²) >= 11 is 5.96. The minimum atomic E-state index is -0.142. The van der Waals surface area contributed by atoms with Crippen molar-refractivity contribution in [1.82, 2.24) is 10.5 Å². The predicted octanol–water partition coefficient (Wildman–Crippen LogP) is 5.64. The van der Waals surface area contributed by atoms with E-state index < -0.39 is 0 Å². The predicted molar refractivity (Wildman–Crippen MR) is 107 cm³/mol. The molecule has 4 rings (SSSR count). The molecule has 1 heterocycles.